The van der Waals surface area contributed by atoms with Crippen LogP contribution in [0.2, 0.25) is 0 Å². The maximum atomic E-state index is 12.9. The Morgan fingerprint density at radius 1 is 1.07 bits per heavy atom. The molecule has 30 heavy (non-hydrogen) atoms. The fraction of sp³-hybridized carbons (Fsp3) is 0.0833. The number of thiazole rings is 1. The van der Waals surface area contributed by atoms with E-state index in [0.717, 1.165) is 16.0 Å². The van der Waals surface area contributed by atoms with Gasteiger partial charge < -0.3 is 14.0 Å². The molecule has 0 aliphatic rings. The van der Waals surface area contributed by atoms with Crippen LogP contribution in [0.25, 0.3) is 10.2 Å². The standard InChI is InChI=1S/C24H20N2O3S/c1-3-15-26-22-20(28-2)13-8-14-21(22)30-24(26)25-23(27)17-9-7-12-19(16-17)29-18-10-5-4-6-11-18/h3-14,16H,1,15H2,2H3. The van der Waals surface area contributed by atoms with Crippen molar-refractivity contribution in [1.82, 2.24) is 4.57 Å². The zero-order chi connectivity index (χ0) is 20.9. The summed E-state index contributed by atoms with van der Waals surface area (Å²) < 4.78 is 14.3. The Morgan fingerprint density at radius 3 is 2.60 bits per heavy atom. The number of carbonyl (C=O) groups is 1. The number of allylic oxidation sites excluding steroid dienone is 1. The lowest BCUT2D eigenvalue weighted by atomic mass is 10.2. The number of rotatable bonds is 6. The van der Waals surface area contributed by atoms with E-state index < -0.39 is 0 Å². The molecular weight excluding hydrogens is 396 g/mol. The van der Waals surface area contributed by atoms with Crippen LogP contribution in [-0.2, 0) is 6.54 Å². The highest BCUT2D eigenvalue weighted by Crippen LogP contribution is 2.27. The summed E-state index contributed by atoms with van der Waals surface area (Å²) in [7, 11) is 1.63. The minimum Gasteiger partial charge on any atom is -0.495 e. The first-order valence-corrected chi connectivity index (χ1v) is 10.2. The molecule has 6 heteroatoms. The summed E-state index contributed by atoms with van der Waals surface area (Å²) in [5.41, 5.74) is 1.36. The molecule has 0 fully saturated rings. The minimum absolute atomic E-state index is 0.336. The van der Waals surface area contributed by atoms with Crippen LogP contribution in [0.1, 0.15) is 10.4 Å². The average Bonchev–Trinajstić information content (AvgIpc) is 3.12. The van der Waals surface area contributed by atoms with Gasteiger partial charge >= 0.3 is 0 Å². The van der Waals surface area contributed by atoms with E-state index in [1.54, 1.807) is 31.4 Å². The first kappa shape index (κ1) is 19.7. The van der Waals surface area contributed by atoms with Crippen LogP contribution in [0.15, 0.2) is 90.4 Å². The fourth-order valence-corrected chi connectivity index (χ4v) is 4.17. The van der Waals surface area contributed by atoms with E-state index in [2.05, 4.69) is 11.6 Å². The number of nitrogens with zero attached hydrogens (tertiary/aromatic N) is 2. The first-order valence-electron chi connectivity index (χ1n) is 9.39. The molecule has 0 aliphatic heterocycles. The Morgan fingerprint density at radius 2 is 1.83 bits per heavy atom. The zero-order valence-electron chi connectivity index (χ0n) is 16.4. The molecule has 0 saturated carbocycles. The van der Waals surface area contributed by atoms with Crippen molar-refractivity contribution in [3.05, 3.63) is 95.8 Å². The molecule has 0 aliphatic carbocycles. The number of para-hydroxylation sites is 2. The zero-order valence-corrected chi connectivity index (χ0v) is 17.3. The molecular formula is C24H20N2O3S. The third-order valence-electron chi connectivity index (χ3n) is 4.45. The van der Waals surface area contributed by atoms with E-state index in [9.17, 15) is 4.79 Å². The van der Waals surface area contributed by atoms with Crippen LogP contribution < -0.4 is 14.3 Å². The second-order valence-electron chi connectivity index (χ2n) is 6.45. The number of benzene rings is 3. The van der Waals surface area contributed by atoms with Crippen LogP contribution in [-0.4, -0.2) is 17.6 Å². The molecule has 0 bridgehead atoms. The van der Waals surface area contributed by atoms with Gasteiger partial charge in [0.1, 0.15) is 22.8 Å². The lowest BCUT2D eigenvalue weighted by Crippen LogP contribution is -2.16. The quantitative estimate of drug-likeness (QED) is 0.394. The third kappa shape index (κ3) is 4.04. The normalized spacial score (nSPS) is 11.4. The van der Waals surface area contributed by atoms with E-state index in [1.807, 2.05) is 59.2 Å². The number of methoxy groups -OCH3 is 1. The summed E-state index contributed by atoms with van der Waals surface area (Å²) in [5.74, 6) is 1.69. The molecule has 3 aromatic carbocycles. The number of aromatic nitrogens is 1. The van der Waals surface area contributed by atoms with Gasteiger partial charge in [-0.15, -0.1) is 6.58 Å². The molecule has 0 N–H and O–H groups in total. The number of carbonyl (C=O) groups excluding carboxylic acids is 1. The predicted octanol–water partition coefficient (Wildman–Crippen LogP) is 5.43. The second-order valence-corrected chi connectivity index (χ2v) is 7.46. The Labute approximate surface area is 178 Å². The van der Waals surface area contributed by atoms with Crippen molar-refractivity contribution >= 4 is 27.5 Å². The van der Waals surface area contributed by atoms with E-state index in [1.165, 1.54) is 11.3 Å². The predicted molar refractivity (Wildman–Crippen MR) is 119 cm³/mol. The maximum absolute atomic E-state index is 12.9. The van der Waals surface area contributed by atoms with Crippen molar-refractivity contribution in [2.24, 2.45) is 4.99 Å². The highest BCUT2D eigenvalue weighted by atomic mass is 32.1. The second kappa shape index (κ2) is 8.80. The highest BCUT2D eigenvalue weighted by molar-refractivity contribution is 7.16. The topological polar surface area (TPSA) is 52.8 Å². The largest absolute Gasteiger partial charge is 0.495 e. The summed E-state index contributed by atoms with van der Waals surface area (Å²) in [5, 5.41) is 0. The van der Waals surface area contributed by atoms with Gasteiger partial charge in [-0.05, 0) is 42.5 Å². The number of hydrogen-bond donors (Lipinski definition) is 0. The molecule has 5 nitrogen and oxygen atoms in total. The van der Waals surface area contributed by atoms with Crippen LogP contribution >= 0.6 is 11.3 Å². The van der Waals surface area contributed by atoms with E-state index in [-0.39, 0.29) is 5.91 Å². The lowest BCUT2D eigenvalue weighted by molar-refractivity contribution is 0.0997. The van der Waals surface area contributed by atoms with Crippen LogP contribution in [0.3, 0.4) is 0 Å². The molecule has 1 heterocycles. The van der Waals surface area contributed by atoms with Gasteiger partial charge in [0.25, 0.3) is 5.91 Å². The van der Waals surface area contributed by atoms with Gasteiger partial charge in [-0.1, -0.05) is 47.7 Å². The number of fused-ring (bicyclic) bond motifs is 1. The average molecular weight is 417 g/mol. The lowest BCUT2D eigenvalue weighted by Gasteiger charge is -2.07. The minimum atomic E-state index is -0.336. The molecule has 1 amide bonds. The van der Waals surface area contributed by atoms with Gasteiger partial charge in [0.05, 0.1) is 11.8 Å². The van der Waals surface area contributed by atoms with E-state index in [4.69, 9.17) is 9.47 Å². The Balaban J connectivity index is 1.72. The monoisotopic (exact) mass is 416 g/mol. The smallest absolute Gasteiger partial charge is 0.279 e. The summed E-state index contributed by atoms with van der Waals surface area (Å²) in [4.78, 5) is 17.9. The van der Waals surface area contributed by atoms with Crippen LogP contribution in [0.4, 0.5) is 0 Å². The van der Waals surface area contributed by atoms with Gasteiger partial charge in [0.15, 0.2) is 4.80 Å². The van der Waals surface area contributed by atoms with Crippen molar-refractivity contribution in [2.45, 2.75) is 6.54 Å². The van der Waals surface area contributed by atoms with E-state index >= 15 is 0 Å². The molecule has 4 aromatic rings. The molecule has 0 saturated heterocycles. The van der Waals surface area contributed by atoms with Gasteiger partial charge in [0, 0.05) is 12.1 Å². The Bertz CT molecular complexity index is 1270. The van der Waals surface area contributed by atoms with Crippen LogP contribution in [0.5, 0.6) is 17.2 Å². The fourth-order valence-electron chi connectivity index (χ4n) is 3.11. The molecule has 0 radical (unpaired) electrons. The SMILES string of the molecule is C=CCn1c(=NC(=O)c2cccc(Oc3ccccc3)c2)sc2cccc(OC)c21. The first-order chi connectivity index (χ1) is 14.7. The van der Waals surface area contributed by atoms with Crippen molar-refractivity contribution < 1.29 is 14.3 Å². The summed E-state index contributed by atoms with van der Waals surface area (Å²) in [6.45, 7) is 4.35. The molecule has 4 rings (SSSR count). The Hall–Kier alpha value is -3.64. The van der Waals surface area contributed by atoms with Gasteiger partial charge in [0.2, 0.25) is 0 Å². The van der Waals surface area contributed by atoms with Crippen molar-refractivity contribution in [1.29, 1.82) is 0 Å². The summed E-state index contributed by atoms with van der Waals surface area (Å²) in [6, 6.07) is 22.3. The number of ether oxygens (including phenoxy) is 2. The van der Waals surface area contributed by atoms with Crippen molar-refractivity contribution in [3.63, 3.8) is 0 Å². The Kier molecular flexibility index (Phi) is 5.77. The van der Waals surface area contributed by atoms with E-state index in [0.29, 0.717) is 28.4 Å². The van der Waals surface area contributed by atoms with Gasteiger partial charge in [-0.25, -0.2) is 0 Å². The van der Waals surface area contributed by atoms with Gasteiger partial charge in [-0.2, -0.15) is 4.99 Å². The van der Waals surface area contributed by atoms with Crippen molar-refractivity contribution in [2.75, 3.05) is 7.11 Å². The summed E-state index contributed by atoms with van der Waals surface area (Å²) in [6.07, 6.45) is 1.77. The molecule has 0 unspecified atom stereocenters. The molecule has 0 spiro atoms. The van der Waals surface area contributed by atoms with Gasteiger partial charge in [-0.3, -0.25) is 4.79 Å². The number of hydrogen-bond acceptors (Lipinski definition) is 4. The van der Waals surface area contributed by atoms with Crippen molar-refractivity contribution in [3.8, 4) is 17.2 Å². The summed E-state index contributed by atoms with van der Waals surface area (Å²) >= 11 is 1.44. The maximum Gasteiger partial charge on any atom is 0.279 e. The molecule has 1 aromatic heterocycles. The van der Waals surface area contributed by atoms with Crippen LogP contribution in [0, 0.1) is 0 Å². The molecule has 0 atom stereocenters. The molecule has 150 valence electrons. The third-order valence-corrected chi connectivity index (χ3v) is 5.50. The highest BCUT2D eigenvalue weighted by Gasteiger charge is 2.13. The number of amides is 1.